The number of amides is 2. The first-order chi connectivity index (χ1) is 15.9. The molecule has 8 heteroatoms. The van der Waals surface area contributed by atoms with E-state index in [-0.39, 0.29) is 30.6 Å². The number of hydrogen-bond acceptors (Lipinski definition) is 3. The molecule has 168 valence electrons. The number of aromatic nitrogens is 2. The Labute approximate surface area is 189 Å². The number of imidazole rings is 1. The van der Waals surface area contributed by atoms with Crippen molar-refractivity contribution in [2.45, 2.75) is 19.9 Å². The second-order valence-electron chi connectivity index (χ2n) is 7.57. The second-order valence-corrected chi connectivity index (χ2v) is 7.57. The number of anilines is 1. The van der Waals surface area contributed by atoms with Crippen LogP contribution in [-0.2, 0) is 4.79 Å². The lowest BCUT2D eigenvalue weighted by Crippen LogP contribution is -2.27. The maximum atomic E-state index is 13.7. The fraction of sp³-hybridized carbons (Fsp3) is 0.160. The van der Waals surface area contributed by atoms with Crippen LogP contribution < -0.4 is 10.6 Å². The van der Waals surface area contributed by atoms with Gasteiger partial charge in [-0.3, -0.25) is 14.2 Å². The van der Waals surface area contributed by atoms with Crippen LogP contribution in [0.2, 0.25) is 0 Å². The van der Waals surface area contributed by atoms with Crippen molar-refractivity contribution in [1.29, 1.82) is 0 Å². The SMILES string of the molecule is Cc1cccc(C(=O)NCCC(=O)Nc2ccc(-c3nc4ccccc4n3C(F)F)cc2)c1. The fourth-order valence-corrected chi connectivity index (χ4v) is 3.55. The van der Waals surface area contributed by atoms with Gasteiger partial charge in [0.25, 0.3) is 5.91 Å². The summed E-state index contributed by atoms with van der Waals surface area (Å²) in [6.45, 7) is -0.643. The van der Waals surface area contributed by atoms with Crippen molar-refractivity contribution >= 4 is 28.5 Å². The molecule has 0 radical (unpaired) electrons. The molecule has 0 atom stereocenters. The van der Waals surface area contributed by atoms with E-state index in [4.69, 9.17) is 0 Å². The highest BCUT2D eigenvalue weighted by molar-refractivity contribution is 5.95. The third-order valence-electron chi connectivity index (χ3n) is 5.14. The zero-order chi connectivity index (χ0) is 23.4. The van der Waals surface area contributed by atoms with Crippen LogP contribution in [0.5, 0.6) is 0 Å². The summed E-state index contributed by atoms with van der Waals surface area (Å²) in [7, 11) is 0. The summed E-state index contributed by atoms with van der Waals surface area (Å²) in [6, 6.07) is 20.5. The van der Waals surface area contributed by atoms with E-state index in [9.17, 15) is 18.4 Å². The van der Waals surface area contributed by atoms with Gasteiger partial charge in [0.15, 0.2) is 0 Å². The number of alkyl halides is 2. The average molecular weight is 448 g/mol. The van der Waals surface area contributed by atoms with Crippen LogP contribution in [0.15, 0.2) is 72.8 Å². The highest BCUT2D eigenvalue weighted by Gasteiger charge is 2.18. The molecule has 0 unspecified atom stereocenters. The van der Waals surface area contributed by atoms with Crippen LogP contribution in [0.4, 0.5) is 14.5 Å². The predicted molar refractivity (Wildman–Crippen MR) is 123 cm³/mol. The second kappa shape index (κ2) is 9.60. The van der Waals surface area contributed by atoms with Gasteiger partial charge in [-0.05, 0) is 55.5 Å². The molecule has 2 N–H and O–H groups in total. The van der Waals surface area contributed by atoms with Crippen molar-refractivity contribution < 1.29 is 18.4 Å². The van der Waals surface area contributed by atoms with Gasteiger partial charge < -0.3 is 10.6 Å². The number of benzene rings is 3. The van der Waals surface area contributed by atoms with Crippen LogP contribution >= 0.6 is 0 Å². The van der Waals surface area contributed by atoms with Crippen molar-refractivity contribution in [1.82, 2.24) is 14.9 Å². The molecular formula is C25H22F2N4O2. The number of halogens is 2. The lowest BCUT2D eigenvalue weighted by Gasteiger charge is -2.10. The summed E-state index contributed by atoms with van der Waals surface area (Å²) in [5, 5.41) is 5.46. The van der Waals surface area contributed by atoms with E-state index in [1.165, 1.54) is 0 Å². The van der Waals surface area contributed by atoms with Gasteiger partial charge >= 0.3 is 6.55 Å². The number of fused-ring (bicyclic) bond motifs is 1. The Morgan fingerprint density at radius 1 is 1.00 bits per heavy atom. The number of carbonyl (C=O) groups excluding carboxylic acids is 2. The van der Waals surface area contributed by atoms with Crippen molar-refractivity contribution in [2.24, 2.45) is 0 Å². The van der Waals surface area contributed by atoms with Gasteiger partial charge in [0.2, 0.25) is 5.91 Å². The first-order valence-electron chi connectivity index (χ1n) is 10.4. The summed E-state index contributed by atoms with van der Waals surface area (Å²) in [5.74, 6) is -0.354. The molecular weight excluding hydrogens is 426 g/mol. The predicted octanol–water partition coefficient (Wildman–Crippen LogP) is 5.17. The van der Waals surface area contributed by atoms with Crippen LogP contribution in [0.1, 0.15) is 28.9 Å². The molecule has 0 saturated carbocycles. The molecule has 2 amide bonds. The highest BCUT2D eigenvalue weighted by Crippen LogP contribution is 2.30. The monoisotopic (exact) mass is 448 g/mol. The Morgan fingerprint density at radius 3 is 2.48 bits per heavy atom. The Bertz CT molecular complexity index is 1300. The molecule has 4 rings (SSSR count). The summed E-state index contributed by atoms with van der Waals surface area (Å²) in [4.78, 5) is 28.7. The Kier molecular flexibility index (Phi) is 6.44. The number of carbonyl (C=O) groups is 2. The highest BCUT2D eigenvalue weighted by atomic mass is 19.3. The van der Waals surface area contributed by atoms with Crippen molar-refractivity contribution in [3.63, 3.8) is 0 Å². The molecule has 33 heavy (non-hydrogen) atoms. The molecule has 0 aliphatic heterocycles. The van der Waals surface area contributed by atoms with Gasteiger partial charge in [-0.15, -0.1) is 0 Å². The minimum atomic E-state index is -2.73. The third kappa shape index (κ3) is 5.06. The number of hydrogen-bond donors (Lipinski definition) is 2. The van der Waals surface area contributed by atoms with E-state index in [1.54, 1.807) is 66.7 Å². The Hall–Kier alpha value is -4.07. The van der Waals surface area contributed by atoms with Gasteiger partial charge in [0, 0.05) is 29.8 Å². The third-order valence-corrected chi connectivity index (χ3v) is 5.14. The lowest BCUT2D eigenvalue weighted by atomic mass is 10.1. The van der Waals surface area contributed by atoms with Gasteiger partial charge in [-0.25, -0.2) is 4.98 Å². The van der Waals surface area contributed by atoms with E-state index >= 15 is 0 Å². The van der Waals surface area contributed by atoms with Gasteiger partial charge in [0.1, 0.15) is 5.82 Å². The van der Waals surface area contributed by atoms with Crippen molar-refractivity contribution in [3.8, 4) is 11.4 Å². The van der Waals surface area contributed by atoms with Crippen molar-refractivity contribution in [3.05, 3.63) is 83.9 Å². The van der Waals surface area contributed by atoms with Crippen LogP contribution in [0.25, 0.3) is 22.4 Å². The molecule has 3 aromatic carbocycles. The van der Waals surface area contributed by atoms with E-state index in [2.05, 4.69) is 15.6 Å². The molecule has 0 fully saturated rings. The summed E-state index contributed by atoms with van der Waals surface area (Å²) in [5.41, 5.74) is 3.39. The fourth-order valence-electron chi connectivity index (χ4n) is 3.55. The van der Waals surface area contributed by atoms with Gasteiger partial charge in [0.05, 0.1) is 11.0 Å². The zero-order valence-electron chi connectivity index (χ0n) is 17.9. The number of rotatable bonds is 7. The quantitative estimate of drug-likeness (QED) is 0.410. The molecule has 0 aliphatic carbocycles. The topological polar surface area (TPSA) is 76.0 Å². The van der Waals surface area contributed by atoms with Gasteiger partial charge in [-0.1, -0.05) is 29.8 Å². The van der Waals surface area contributed by atoms with E-state index in [0.717, 1.165) is 10.1 Å². The van der Waals surface area contributed by atoms with Crippen LogP contribution in [0, 0.1) is 6.92 Å². The number of aryl methyl sites for hydroxylation is 1. The smallest absolute Gasteiger partial charge is 0.320 e. The maximum Gasteiger partial charge on any atom is 0.320 e. The first kappa shape index (κ1) is 22.1. The average Bonchev–Trinajstić information content (AvgIpc) is 3.19. The number of nitrogens with one attached hydrogen (secondary N) is 2. The lowest BCUT2D eigenvalue weighted by molar-refractivity contribution is -0.116. The minimum absolute atomic E-state index is 0.0977. The normalized spacial score (nSPS) is 11.0. The number of nitrogens with zero attached hydrogens (tertiary/aromatic N) is 2. The molecule has 0 bridgehead atoms. The Morgan fingerprint density at radius 2 is 1.76 bits per heavy atom. The summed E-state index contributed by atoms with van der Waals surface area (Å²) < 4.78 is 28.2. The largest absolute Gasteiger partial charge is 0.352 e. The molecule has 1 heterocycles. The molecule has 1 aromatic heterocycles. The Balaban J connectivity index is 1.37. The van der Waals surface area contributed by atoms with Gasteiger partial charge in [-0.2, -0.15) is 8.78 Å². The number of para-hydroxylation sites is 2. The van der Waals surface area contributed by atoms with E-state index < -0.39 is 6.55 Å². The summed E-state index contributed by atoms with van der Waals surface area (Å²) >= 11 is 0. The van der Waals surface area contributed by atoms with Crippen molar-refractivity contribution in [2.75, 3.05) is 11.9 Å². The van der Waals surface area contributed by atoms with Crippen LogP contribution in [0.3, 0.4) is 0 Å². The molecule has 0 saturated heterocycles. The van der Waals surface area contributed by atoms with E-state index in [0.29, 0.717) is 27.8 Å². The van der Waals surface area contributed by atoms with E-state index in [1.807, 2.05) is 13.0 Å². The molecule has 0 aliphatic rings. The first-order valence-corrected chi connectivity index (χ1v) is 10.4. The van der Waals surface area contributed by atoms with Crippen LogP contribution in [-0.4, -0.2) is 27.9 Å². The zero-order valence-corrected chi connectivity index (χ0v) is 17.9. The molecule has 4 aromatic rings. The summed E-state index contributed by atoms with van der Waals surface area (Å²) in [6.07, 6.45) is 0.0977. The molecule has 6 nitrogen and oxygen atoms in total. The maximum absolute atomic E-state index is 13.7. The standard InChI is InChI=1S/C25H22F2N4O2/c1-16-5-4-6-18(15-16)24(33)28-14-13-22(32)29-19-11-9-17(10-12-19)23-30-20-7-2-3-8-21(20)31(23)25(26)27/h2-12,15,25H,13-14H2,1H3,(H,28,33)(H,29,32). The molecule has 0 spiro atoms. The minimum Gasteiger partial charge on any atom is -0.352 e.